The minimum Gasteiger partial charge on any atom is -0.360 e. The van der Waals surface area contributed by atoms with Gasteiger partial charge in [0, 0.05) is 23.8 Å². The standard InChI is InChI=1S/C15H19N3/c1-2-12-8-11(4-7-18(12)6-1)14-9-17-15-10-16-5-3-13(14)15/h3,5,9-12,17H,1-2,4,6-8H2. The molecule has 0 spiro atoms. The first kappa shape index (κ1) is 10.6. The lowest BCUT2D eigenvalue weighted by atomic mass is 9.85. The van der Waals surface area contributed by atoms with E-state index in [4.69, 9.17) is 0 Å². The number of nitrogens with zero attached hydrogens (tertiary/aromatic N) is 2. The van der Waals surface area contributed by atoms with Gasteiger partial charge in [-0.1, -0.05) is 0 Å². The van der Waals surface area contributed by atoms with Gasteiger partial charge in [-0.15, -0.1) is 0 Å². The van der Waals surface area contributed by atoms with Crippen LogP contribution in [0.15, 0.2) is 24.7 Å². The molecule has 3 nitrogen and oxygen atoms in total. The molecule has 4 rings (SSSR count). The maximum absolute atomic E-state index is 4.19. The molecule has 0 bridgehead atoms. The van der Waals surface area contributed by atoms with Crippen molar-refractivity contribution in [1.29, 1.82) is 0 Å². The lowest BCUT2D eigenvalue weighted by molar-refractivity contribution is 0.181. The molecule has 3 heteroatoms. The summed E-state index contributed by atoms with van der Waals surface area (Å²) >= 11 is 0. The molecule has 0 aromatic carbocycles. The van der Waals surface area contributed by atoms with Gasteiger partial charge in [0.2, 0.25) is 0 Å². The summed E-state index contributed by atoms with van der Waals surface area (Å²) in [5.74, 6) is 0.737. The molecule has 2 atom stereocenters. The van der Waals surface area contributed by atoms with Gasteiger partial charge in [-0.05, 0) is 56.3 Å². The molecule has 0 aliphatic carbocycles. The molecule has 2 aliphatic rings. The SMILES string of the molecule is c1cc2c(C3CCN4CCCC4C3)c[nH]c2cn1. The van der Waals surface area contributed by atoms with Crippen molar-refractivity contribution >= 4 is 10.9 Å². The van der Waals surface area contributed by atoms with Gasteiger partial charge in [-0.2, -0.15) is 0 Å². The van der Waals surface area contributed by atoms with Gasteiger partial charge in [0.05, 0.1) is 11.7 Å². The number of aromatic nitrogens is 2. The van der Waals surface area contributed by atoms with Crippen LogP contribution in [-0.2, 0) is 0 Å². The van der Waals surface area contributed by atoms with Crippen LogP contribution < -0.4 is 0 Å². The number of pyridine rings is 1. The molecule has 0 radical (unpaired) electrons. The summed E-state index contributed by atoms with van der Waals surface area (Å²) in [6, 6.07) is 3.00. The van der Waals surface area contributed by atoms with Crippen LogP contribution in [0.4, 0.5) is 0 Å². The van der Waals surface area contributed by atoms with Crippen molar-refractivity contribution in [2.75, 3.05) is 13.1 Å². The molecule has 18 heavy (non-hydrogen) atoms. The smallest absolute Gasteiger partial charge is 0.0643 e. The number of nitrogens with one attached hydrogen (secondary N) is 1. The van der Waals surface area contributed by atoms with E-state index in [1.165, 1.54) is 55.2 Å². The molecule has 0 saturated carbocycles. The molecule has 2 saturated heterocycles. The highest BCUT2D eigenvalue weighted by molar-refractivity contribution is 5.82. The van der Waals surface area contributed by atoms with Crippen molar-refractivity contribution in [2.45, 2.75) is 37.6 Å². The fourth-order valence-electron chi connectivity index (χ4n) is 3.84. The van der Waals surface area contributed by atoms with E-state index in [9.17, 15) is 0 Å². The van der Waals surface area contributed by atoms with Crippen molar-refractivity contribution in [3.05, 3.63) is 30.2 Å². The van der Waals surface area contributed by atoms with Crippen LogP contribution in [0, 0.1) is 0 Å². The van der Waals surface area contributed by atoms with Gasteiger partial charge >= 0.3 is 0 Å². The molecule has 4 heterocycles. The van der Waals surface area contributed by atoms with E-state index < -0.39 is 0 Å². The summed E-state index contributed by atoms with van der Waals surface area (Å²) in [4.78, 5) is 10.2. The zero-order valence-corrected chi connectivity index (χ0v) is 10.6. The van der Waals surface area contributed by atoms with Crippen LogP contribution in [0.25, 0.3) is 10.9 Å². The lowest BCUT2D eigenvalue weighted by Crippen LogP contribution is -2.37. The Bertz CT molecular complexity index is 560. The van der Waals surface area contributed by atoms with E-state index in [1.807, 2.05) is 12.4 Å². The Morgan fingerprint density at radius 1 is 1.28 bits per heavy atom. The second-order valence-electron chi connectivity index (χ2n) is 5.72. The van der Waals surface area contributed by atoms with Crippen molar-refractivity contribution in [1.82, 2.24) is 14.9 Å². The van der Waals surface area contributed by atoms with E-state index >= 15 is 0 Å². The Balaban J connectivity index is 1.67. The van der Waals surface area contributed by atoms with Crippen LogP contribution in [-0.4, -0.2) is 34.0 Å². The first-order valence-electron chi connectivity index (χ1n) is 7.07. The third-order valence-electron chi connectivity index (χ3n) is 4.78. The zero-order chi connectivity index (χ0) is 11.9. The first-order chi connectivity index (χ1) is 8.92. The molecule has 2 aromatic rings. The Morgan fingerprint density at radius 3 is 3.28 bits per heavy atom. The van der Waals surface area contributed by atoms with Gasteiger partial charge in [0.15, 0.2) is 0 Å². The normalized spacial score (nSPS) is 28.7. The molecule has 2 fully saturated rings. The summed E-state index contributed by atoms with van der Waals surface area (Å²) in [7, 11) is 0. The number of rotatable bonds is 1. The van der Waals surface area contributed by atoms with Crippen LogP contribution in [0.5, 0.6) is 0 Å². The highest BCUT2D eigenvalue weighted by Crippen LogP contribution is 2.38. The van der Waals surface area contributed by atoms with Crippen molar-refractivity contribution < 1.29 is 0 Å². The molecule has 1 N–H and O–H groups in total. The van der Waals surface area contributed by atoms with E-state index in [2.05, 4.69) is 27.1 Å². The van der Waals surface area contributed by atoms with Gasteiger partial charge in [-0.25, -0.2) is 0 Å². The third-order valence-corrected chi connectivity index (χ3v) is 4.78. The summed E-state index contributed by atoms with van der Waals surface area (Å²) in [6.07, 6.45) is 11.5. The van der Waals surface area contributed by atoms with Crippen molar-refractivity contribution in [2.24, 2.45) is 0 Å². The van der Waals surface area contributed by atoms with Gasteiger partial charge in [0.1, 0.15) is 0 Å². The van der Waals surface area contributed by atoms with Gasteiger partial charge in [0.25, 0.3) is 0 Å². The average Bonchev–Trinajstić information content (AvgIpc) is 3.04. The van der Waals surface area contributed by atoms with E-state index in [-0.39, 0.29) is 0 Å². The van der Waals surface area contributed by atoms with Gasteiger partial charge < -0.3 is 9.88 Å². The maximum Gasteiger partial charge on any atom is 0.0643 e. The summed E-state index contributed by atoms with van der Waals surface area (Å²) in [5, 5.41) is 1.38. The molecular formula is C15H19N3. The third kappa shape index (κ3) is 1.57. The number of hydrogen-bond acceptors (Lipinski definition) is 2. The maximum atomic E-state index is 4.19. The highest BCUT2D eigenvalue weighted by Gasteiger charge is 2.32. The highest BCUT2D eigenvalue weighted by atomic mass is 15.2. The topological polar surface area (TPSA) is 31.9 Å². The van der Waals surface area contributed by atoms with Crippen molar-refractivity contribution in [3.63, 3.8) is 0 Å². The summed E-state index contributed by atoms with van der Waals surface area (Å²) in [6.45, 7) is 2.61. The number of H-pyrrole nitrogens is 1. The minimum atomic E-state index is 0.737. The zero-order valence-electron chi connectivity index (χ0n) is 10.6. The number of aromatic amines is 1. The summed E-state index contributed by atoms with van der Waals surface area (Å²) in [5.41, 5.74) is 2.69. The minimum absolute atomic E-state index is 0.737. The van der Waals surface area contributed by atoms with E-state index in [1.54, 1.807) is 0 Å². The monoisotopic (exact) mass is 241 g/mol. The molecule has 0 amide bonds. The fraction of sp³-hybridized carbons (Fsp3) is 0.533. The number of fused-ring (bicyclic) bond motifs is 2. The quantitative estimate of drug-likeness (QED) is 0.832. The van der Waals surface area contributed by atoms with E-state index in [0.29, 0.717) is 0 Å². The van der Waals surface area contributed by atoms with Crippen LogP contribution in [0.3, 0.4) is 0 Å². The van der Waals surface area contributed by atoms with Crippen LogP contribution >= 0.6 is 0 Å². The molecular weight excluding hydrogens is 222 g/mol. The molecule has 2 aliphatic heterocycles. The van der Waals surface area contributed by atoms with E-state index in [0.717, 1.165) is 12.0 Å². The first-order valence-corrected chi connectivity index (χ1v) is 7.07. The Kier molecular flexibility index (Phi) is 2.40. The second kappa shape index (κ2) is 4.09. The predicted octanol–water partition coefficient (Wildman–Crippen LogP) is 2.90. The lowest BCUT2D eigenvalue weighted by Gasteiger charge is -2.34. The van der Waals surface area contributed by atoms with Crippen LogP contribution in [0.2, 0.25) is 0 Å². The number of hydrogen-bond donors (Lipinski definition) is 1. The largest absolute Gasteiger partial charge is 0.360 e. The van der Waals surface area contributed by atoms with Gasteiger partial charge in [-0.3, -0.25) is 4.98 Å². The number of piperidine rings is 1. The average molecular weight is 241 g/mol. The Labute approximate surface area is 107 Å². The predicted molar refractivity (Wildman–Crippen MR) is 72.7 cm³/mol. The Hall–Kier alpha value is -1.35. The van der Waals surface area contributed by atoms with Crippen LogP contribution in [0.1, 0.15) is 37.2 Å². The molecule has 94 valence electrons. The molecule has 2 unspecified atom stereocenters. The summed E-state index contributed by atoms with van der Waals surface area (Å²) < 4.78 is 0. The van der Waals surface area contributed by atoms with Crippen molar-refractivity contribution in [3.8, 4) is 0 Å². The fourth-order valence-corrected chi connectivity index (χ4v) is 3.84. The Morgan fingerprint density at radius 2 is 2.28 bits per heavy atom. The second-order valence-corrected chi connectivity index (χ2v) is 5.72. The molecule has 2 aromatic heterocycles.